The lowest BCUT2D eigenvalue weighted by Gasteiger charge is -2.28. The number of nitrogens with one attached hydrogen (secondary N) is 2. The lowest BCUT2D eigenvalue weighted by molar-refractivity contribution is 0.585. The highest BCUT2D eigenvalue weighted by atomic mass is 35.5. The van der Waals surface area contributed by atoms with Gasteiger partial charge >= 0.3 is 0 Å². The summed E-state index contributed by atoms with van der Waals surface area (Å²) in [5, 5.41) is 3.77. The van der Waals surface area contributed by atoms with E-state index in [-0.39, 0.29) is 4.90 Å². The van der Waals surface area contributed by atoms with E-state index in [1.54, 1.807) is 18.2 Å². The van der Waals surface area contributed by atoms with Crippen LogP contribution in [0, 0.1) is 0 Å². The first-order valence-corrected chi connectivity index (χ1v) is 9.11. The molecular weight excluding hydrogens is 336 g/mol. The van der Waals surface area contributed by atoms with Crippen molar-refractivity contribution >= 4 is 33.1 Å². The van der Waals surface area contributed by atoms with E-state index in [2.05, 4.69) is 19.9 Å². The van der Waals surface area contributed by atoms with Crippen LogP contribution in [0.3, 0.4) is 0 Å². The van der Waals surface area contributed by atoms with Crippen LogP contribution in [0.15, 0.2) is 47.5 Å². The zero-order chi connectivity index (χ0) is 16.3. The summed E-state index contributed by atoms with van der Waals surface area (Å²) in [6.45, 7) is 3.63. The van der Waals surface area contributed by atoms with Gasteiger partial charge in [-0.2, -0.15) is 0 Å². The number of aromatic nitrogens is 1. The Morgan fingerprint density at radius 1 is 1.09 bits per heavy atom. The molecule has 1 saturated heterocycles. The Balaban J connectivity index is 1.73. The second-order valence-corrected chi connectivity index (χ2v) is 7.32. The largest absolute Gasteiger partial charge is 0.354 e. The summed E-state index contributed by atoms with van der Waals surface area (Å²) in [6, 6.07) is 9.56. The Hall–Kier alpha value is -1.83. The van der Waals surface area contributed by atoms with Crippen LogP contribution in [0.25, 0.3) is 0 Å². The standard InChI is InChI=1S/C15H17ClN4O2S/c16-12-1-4-14(5-2-12)23(21,22)19-13-3-6-15(18-11-13)20-9-7-17-8-10-20/h1-6,11,17,19H,7-10H2. The van der Waals surface area contributed by atoms with Gasteiger partial charge in [0.25, 0.3) is 10.0 Å². The Kier molecular flexibility index (Phi) is 4.70. The minimum absolute atomic E-state index is 0.160. The molecule has 2 aromatic rings. The number of nitrogens with zero attached hydrogens (tertiary/aromatic N) is 2. The smallest absolute Gasteiger partial charge is 0.261 e. The fraction of sp³-hybridized carbons (Fsp3) is 0.267. The fourth-order valence-corrected chi connectivity index (χ4v) is 3.52. The molecule has 2 heterocycles. The third kappa shape index (κ3) is 3.93. The Labute approximate surface area is 140 Å². The van der Waals surface area contributed by atoms with E-state index in [1.165, 1.54) is 18.3 Å². The maximum Gasteiger partial charge on any atom is 0.261 e. The van der Waals surface area contributed by atoms with Gasteiger partial charge in [0.15, 0.2) is 0 Å². The number of piperazine rings is 1. The Morgan fingerprint density at radius 3 is 2.39 bits per heavy atom. The van der Waals surface area contributed by atoms with E-state index in [9.17, 15) is 8.42 Å². The van der Waals surface area contributed by atoms with Gasteiger partial charge in [0.05, 0.1) is 16.8 Å². The van der Waals surface area contributed by atoms with Crippen molar-refractivity contribution in [3.8, 4) is 0 Å². The van der Waals surface area contributed by atoms with E-state index in [1.807, 2.05) is 6.07 Å². The zero-order valence-electron chi connectivity index (χ0n) is 12.4. The van der Waals surface area contributed by atoms with Crippen molar-refractivity contribution in [3.63, 3.8) is 0 Å². The van der Waals surface area contributed by atoms with Crippen LogP contribution >= 0.6 is 11.6 Å². The molecule has 0 aliphatic carbocycles. The minimum Gasteiger partial charge on any atom is -0.354 e. The summed E-state index contributed by atoms with van der Waals surface area (Å²) in [5.74, 6) is 0.848. The van der Waals surface area contributed by atoms with Crippen molar-refractivity contribution in [1.82, 2.24) is 10.3 Å². The maximum absolute atomic E-state index is 12.3. The quantitative estimate of drug-likeness (QED) is 0.879. The number of halogens is 1. The third-order valence-electron chi connectivity index (χ3n) is 3.57. The molecule has 0 amide bonds. The van der Waals surface area contributed by atoms with E-state index < -0.39 is 10.0 Å². The van der Waals surface area contributed by atoms with Crippen molar-refractivity contribution in [2.75, 3.05) is 35.8 Å². The average Bonchev–Trinajstić information content (AvgIpc) is 2.56. The van der Waals surface area contributed by atoms with Gasteiger partial charge in [-0.1, -0.05) is 11.6 Å². The Bertz CT molecular complexity index is 757. The van der Waals surface area contributed by atoms with Gasteiger partial charge in [-0.15, -0.1) is 0 Å². The molecule has 23 heavy (non-hydrogen) atoms. The summed E-state index contributed by atoms with van der Waals surface area (Å²) >= 11 is 5.78. The van der Waals surface area contributed by atoms with Gasteiger partial charge in [0.2, 0.25) is 0 Å². The van der Waals surface area contributed by atoms with Crippen molar-refractivity contribution in [2.45, 2.75) is 4.90 Å². The molecule has 0 radical (unpaired) electrons. The summed E-state index contributed by atoms with van der Waals surface area (Å²) in [5.41, 5.74) is 0.429. The topological polar surface area (TPSA) is 74.3 Å². The van der Waals surface area contributed by atoms with Crippen LogP contribution < -0.4 is 14.9 Å². The number of hydrogen-bond donors (Lipinski definition) is 2. The highest BCUT2D eigenvalue weighted by Gasteiger charge is 2.15. The molecule has 1 aromatic carbocycles. The number of rotatable bonds is 4. The third-order valence-corrected chi connectivity index (χ3v) is 5.21. The molecule has 0 unspecified atom stereocenters. The lowest BCUT2D eigenvalue weighted by Crippen LogP contribution is -2.43. The van der Waals surface area contributed by atoms with Gasteiger partial charge in [-0.25, -0.2) is 13.4 Å². The second kappa shape index (κ2) is 6.74. The van der Waals surface area contributed by atoms with Crippen LogP contribution in [0.4, 0.5) is 11.5 Å². The fourth-order valence-electron chi connectivity index (χ4n) is 2.36. The van der Waals surface area contributed by atoms with Crippen molar-refractivity contribution in [1.29, 1.82) is 0 Å². The summed E-state index contributed by atoms with van der Waals surface area (Å²) < 4.78 is 27.1. The van der Waals surface area contributed by atoms with Crippen molar-refractivity contribution in [2.24, 2.45) is 0 Å². The van der Waals surface area contributed by atoms with Crippen LogP contribution in [0.5, 0.6) is 0 Å². The van der Waals surface area contributed by atoms with E-state index in [4.69, 9.17) is 11.6 Å². The summed E-state index contributed by atoms with van der Waals surface area (Å²) in [4.78, 5) is 6.67. The van der Waals surface area contributed by atoms with Crippen molar-refractivity contribution < 1.29 is 8.42 Å². The molecule has 1 fully saturated rings. The first-order valence-electron chi connectivity index (χ1n) is 7.25. The molecule has 3 rings (SSSR count). The highest BCUT2D eigenvalue weighted by Crippen LogP contribution is 2.19. The maximum atomic E-state index is 12.3. The van der Waals surface area contributed by atoms with Gasteiger partial charge in [-0.3, -0.25) is 4.72 Å². The highest BCUT2D eigenvalue weighted by molar-refractivity contribution is 7.92. The number of sulfonamides is 1. The molecule has 0 saturated carbocycles. The minimum atomic E-state index is -3.64. The van der Waals surface area contributed by atoms with E-state index in [0.29, 0.717) is 10.7 Å². The van der Waals surface area contributed by atoms with Crippen LogP contribution in [-0.4, -0.2) is 39.6 Å². The summed E-state index contributed by atoms with van der Waals surface area (Å²) in [6.07, 6.45) is 1.53. The molecule has 8 heteroatoms. The number of pyridine rings is 1. The predicted octanol–water partition coefficient (Wildman–Crippen LogP) is 1.95. The molecule has 1 aromatic heterocycles. The first kappa shape index (κ1) is 16.0. The number of anilines is 2. The van der Waals surface area contributed by atoms with E-state index >= 15 is 0 Å². The molecule has 1 aliphatic rings. The lowest BCUT2D eigenvalue weighted by atomic mass is 10.3. The van der Waals surface area contributed by atoms with Crippen LogP contribution in [-0.2, 0) is 10.0 Å². The predicted molar refractivity (Wildman–Crippen MR) is 91.6 cm³/mol. The SMILES string of the molecule is O=S(=O)(Nc1ccc(N2CCNCC2)nc1)c1ccc(Cl)cc1. The molecule has 6 nitrogen and oxygen atoms in total. The van der Waals surface area contributed by atoms with Gasteiger partial charge < -0.3 is 10.2 Å². The Morgan fingerprint density at radius 2 is 1.78 bits per heavy atom. The number of benzene rings is 1. The van der Waals surface area contributed by atoms with Crippen molar-refractivity contribution in [3.05, 3.63) is 47.6 Å². The van der Waals surface area contributed by atoms with E-state index in [0.717, 1.165) is 32.0 Å². The molecule has 1 aliphatic heterocycles. The first-order chi connectivity index (χ1) is 11.0. The van der Waals surface area contributed by atoms with Crippen LogP contribution in [0.2, 0.25) is 5.02 Å². The molecule has 122 valence electrons. The van der Waals surface area contributed by atoms with Crippen LogP contribution in [0.1, 0.15) is 0 Å². The van der Waals surface area contributed by atoms with Gasteiger partial charge in [-0.05, 0) is 36.4 Å². The molecule has 0 spiro atoms. The summed E-state index contributed by atoms with van der Waals surface area (Å²) in [7, 11) is -3.64. The monoisotopic (exact) mass is 352 g/mol. The van der Waals surface area contributed by atoms with Gasteiger partial charge in [0, 0.05) is 31.2 Å². The second-order valence-electron chi connectivity index (χ2n) is 5.20. The molecule has 2 N–H and O–H groups in total. The average molecular weight is 353 g/mol. The normalized spacial score (nSPS) is 15.4. The zero-order valence-corrected chi connectivity index (χ0v) is 13.9. The van der Waals surface area contributed by atoms with Gasteiger partial charge in [0.1, 0.15) is 5.82 Å². The molecule has 0 bridgehead atoms. The number of hydrogen-bond acceptors (Lipinski definition) is 5. The molecule has 0 atom stereocenters. The molecular formula is C15H17ClN4O2S.